The fourth-order valence-corrected chi connectivity index (χ4v) is 2.57. The first-order valence-electron chi connectivity index (χ1n) is 6.97. The first-order chi connectivity index (χ1) is 9.19. The van der Waals surface area contributed by atoms with Crippen LogP contribution >= 0.6 is 0 Å². The minimum Gasteiger partial charge on any atom is -0.508 e. The average Bonchev–Trinajstić information content (AvgIpc) is 2.41. The molecule has 0 saturated carbocycles. The second-order valence-corrected chi connectivity index (χ2v) is 5.11. The zero-order valence-corrected chi connectivity index (χ0v) is 11.4. The Bertz CT molecular complexity index is 434. The largest absolute Gasteiger partial charge is 0.508 e. The molecule has 1 saturated heterocycles. The monoisotopic (exact) mass is 262 g/mol. The Hall–Kier alpha value is -1.55. The van der Waals surface area contributed by atoms with E-state index in [-0.39, 0.29) is 24.1 Å². The zero-order valence-electron chi connectivity index (χ0n) is 11.4. The molecule has 4 nitrogen and oxygen atoms in total. The Morgan fingerprint density at radius 2 is 2.26 bits per heavy atom. The predicted octanol–water partition coefficient (Wildman–Crippen LogP) is 1.54. The van der Waals surface area contributed by atoms with Gasteiger partial charge >= 0.3 is 0 Å². The fourth-order valence-electron chi connectivity index (χ4n) is 2.57. The summed E-state index contributed by atoms with van der Waals surface area (Å²) in [4.78, 5) is 14.3. The second kappa shape index (κ2) is 6.57. The van der Waals surface area contributed by atoms with Crippen LogP contribution in [0.3, 0.4) is 0 Å². The van der Waals surface area contributed by atoms with Crippen LogP contribution in [0.4, 0.5) is 0 Å². The molecule has 4 heteroatoms. The molecule has 1 aromatic carbocycles. The molecule has 0 aliphatic carbocycles. The van der Waals surface area contributed by atoms with Crippen LogP contribution in [0.25, 0.3) is 0 Å². The van der Waals surface area contributed by atoms with Crippen LogP contribution in [0, 0.1) is 0 Å². The number of piperidine rings is 1. The molecule has 1 fully saturated rings. The van der Waals surface area contributed by atoms with Crippen LogP contribution in [0.2, 0.25) is 0 Å². The molecular formula is C15H22N2O2. The SMILES string of the molecule is CCN1CCCC(NC(=O)Cc2ccccc2O)C1. The van der Waals surface area contributed by atoms with Gasteiger partial charge in [0, 0.05) is 18.2 Å². The van der Waals surface area contributed by atoms with Crippen molar-refractivity contribution < 1.29 is 9.90 Å². The Morgan fingerprint density at radius 3 is 3.00 bits per heavy atom. The maximum atomic E-state index is 12.0. The van der Waals surface area contributed by atoms with Gasteiger partial charge < -0.3 is 15.3 Å². The third-order valence-electron chi connectivity index (χ3n) is 3.66. The van der Waals surface area contributed by atoms with E-state index in [0.717, 1.165) is 32.5 Å². The van der Waals surface area contributed by atoms with Crippen molar-refractivity contribution in [1.29, 1.82) is 0 Å². The fraction of sp³-hybridized carbons (Fsp3) is 0.533. The number of para-hydroxylation sites is 1. The predicted molar refractivity (Wildman–Crippen MR) is 75.1 cm³/mol. The Kier molecular flexibility index (Phi) is 4.80. The number of carbonyl (C=O) groups excluding carboxylic acids is 1. The Labute approximate surface area is 114 Å². The van der Waals surface area contributed by atoms with Crippen molar-refractivity contribution in [2.75, 3.05) is 19.6 Å². The second-order valence-electron chi connectivity index (χ2n) is 5.11. The Balaban J connectivity index is 1.86. The Morgan fingerprint density at radius 1 is 1.47 bits per heavy atom. The lowest BCUT2D eigenvalue weighted by atomic mass is 10.0. The van der Waals surface area contributed by atoms with Crippen LogP contribution in [0.15, 0.2) is 24.3 Å². The molecule has 1 amide bonds. The highest BCUT2D eigenvalue weighted by atomic mass is 16.3. The van der Waals surface area contributed by atoms with Crippen molar-refractivity contribution in [2.24, 2.45) is 0 Å². The lowest BCUT2D eigenvalue weighted by Crippen LogP contribution is -2.47. The highest BCUT2D eigenvalue weighted by molar-refractivity contribution is 5.79. The maximum Gasteiger partial charge on any atom is 0.224 e. The van der Waals surface area contributed by atoms with E-state index in [1.54, 1.807) is 18.2 Å². The van der Waals surface area contributed by atoms with Crippen molar-refractivity contribution in [3.8, 4) is 5.75 Å². The van der Waals surface area contributed by atoms with Gasteiger partial charge in [-0.3, -0.25) is 4.79 Å². The van der Waals surface area contributed by atoms with E-state index in [4.69, 9.17) is 0 Å². The summed E-state index contributed by atoms with van der Waals surface area (Å²) in [5, 5.41) is 12.7. The van der Waals surface area contributed by atoms with Crippen LogP contribution in [-0.4, -0.2) is 41.6 Å². The molecule has 0 aromatic heterocycles. The highest BCUT2D eigenvalue weighted by Crippen LogP contribution is 2.16. The van der Waals surface area contributed by atoms with Crippen molar-refractivity contribution in [3.05, 3.63) is 29.8 Å². The molecule has 1 atom stereocenters. The molecule has 19 heavy (non-hydrogen) atoms. The van der Waals surface area contributed by atoms with E-state index in [9.17, 15) is 9.90 Å². The van der Waals surface area contributed by atoms with Gasteiger partial charge in [-0.15, -0.1) is 0 Å². The van der Waals surface area contributed by atoms with Crippen molar-refractivity contribution in [1.82, 2.24) is 10.2 Å². The summed E-state index contributed by atoms with van der Waals surface area (Å²) < 4.78 is 0. The van der Waals surface area contributed by atoms with Gasteiger partial charge in [-0.05, 0) is 32.0 Å². The van der Waals surface area contributed by atoms with Gasteiger partial charge in [-0.1, -0.05) is 25.1 Å². The number of benzene rings is 1. The van der Waals surface area contributed by atoms with Gasteiger partial charge in [-0.2, -0.15) is 0 Å². The number of aromatic hydroxyl groups is 1. The number of phenolic OH excluding ortho intramolecular Hbond substituents is 1. The molecule has 1 aliphatic rings. The van der Waals surface area contributed by atoms with E-state index in [2.05, 4.69) is 17.1 Å². The van der Waals surface area contributed by atoms with Gasteiger partial charge in [0.2, 0.25) is 5.91 Å². The molecule has 104 valence electrons. The van der Waals surface area contributed by atoms with Gasteiger partial charge in [0.1, 0.15) is 5.75 Å². The number of hydrogen-bond acceptors (Lipinski definition) is 3. The van der Waals surface area contributed by atoms with Crippen LogP contribution < -0.4 is 5.32 Å². The minimum atomic E-state index is -0.00977. The normalized spacial score (nSPS) is 20.2. The number of hydrogen-bond donors (Lipinski definition) is 2. The van der Waals surface area contributed by atoms with E-state index < -0.39 is 0 Å². The van der Waals surface area contributed by atoms with E-state index >= 15 is 0 Å². The zero-order chi connectivity index (χ0) is 13.7. The molecule has 1 aromatic rings. The standard InChI is InChI=1S/C15H22N2O2/c1-2-17-9-5-7-13(11-17)16-15(19)10-12-6-3-4-8-14(12)18/h3-4,6,8,13,18H,2,5,7,9-11H2,1H3,(H,16,19). The van der Waals surface area contributed by atoms with Gasteiger partial charge in [-0.25, -0.2) is 0 Å². The minimum absolute atomic E-state index is 0.00977. The van der Waals surface area contributed by atoms with Crippen molar-refractivity contribution in [3.63, 3.8) is 0 Å². The summed E-state index contributed by atoms with van der Waals surface area (Å²) >= 11 is 0. The molecule has 0 radical (unpaired) electrons. The number of nitrogens with one attached hydrogen (secondary N) is 1. The summed E-state index contributed by atoms with van der Waals surface area (Å²) in [7, 11) is 0. The number of nitrogens with zero attached hydrogens (tertiary/aromatic N) is 1. The third kappa shape index (κ3) is 3.96. The first-order valence-corrected chi connectivity index (χ1v) is 6.97. The maximum absolute atomic E-state index is 12.0. The summed E-state index contributed by atoms with van der Waals surface area (Å²) in [5.74, 6) is 0.181. The van der Waals surface area contributed by atoms with E-state index in [0.29, 0.717) is 5.56 Å². The van der Waals surface area contributed by atoms with Crippen molar-refractivity contribution >= 4 is 5.91 Å². The molecule has 1 aliphatic heterocycles. The van der Waals surface area contributed by atoms with Gasteiger partial charge in [0.15, 0.2) is 0 Å². The lowest BCUT2D eigenvalue weighted by molar-refractivity contribution is -0.121. The third-order valence-corrected chi connectivity index (χ3v) is 3.66. The molecule has 2 rings (SSSR count). The molecule has 1 unspecified atom stereocenters. The number of likely N-dealkylation sites (tertiary alicyclic amines) is 1. The molecule has 1 heterocycles. The van der Waals surface area contributed by atoms with Crippen LogP contribution in [0.1, 0.15) is 25.3 Å². The lowest BCUT2D eigenvalue weighted by Gasteiger charge is -2.32. The van der Waals surface area contributed by atoms with Gasteiger partial charge in [0.05, 0.1) is 6.42 Å². The summed E-state index contributed by atoms with van der Waals surface area (Å²) in [5.41, 5.74) is 0.683. The topological polar surface area (TPSA) is 52.6 Å². The van der Waals surface area contributed by atoms with Gasteiger partial charge in [0.25, 0.3) is 0 Å². The number of amides is 1. The molecule has 0 bridgehead atoms. The number of rotatable bonds is 4. The highest BCUT2D eigenvalue weighted by Gasteiger charge is 2.20. The van der Waals surface area contributed by atoms with E-state index in [1.165, 1.54) is 0 Å². The average molecular weight is 262 g/mol. The summed E-state index contributed by atoms with van der Waals surface area (Å²) in [6.45, 7) is 5.24. The van der Waals surface area contributed by atoms with Crippen molar-refractivity contribution in [2.45, 2.75) is 32.2 Å². The molecule has 2 N–H and O–H groups in total. The van der Waals surface area contributed by atoms with Crippen LogP contribution in [-0.2, 0) is 11.2 Å². The van der Waals surface area contributed by atoms with E-state index in [1.807, 2.05) is 6.07 Å². The number of likely N-dealkylation sites (N-methyl/N-ethyl adjacent to an activating group) is 1. The molecular weight excluding hydrogens is 240 g/mol. The number of phenols is 1. The number of carbonyl (C=O) groups is 1. The van der Waals surface area contributed by atoms with Crippen LogP contribution in [0.5, 0.6) is 5.75 Å². The smallest absolute Gasteiger partial charge is 0.224 e. The first kappa shape index (κ1) is 13.9. The summed E-state index contributed by atoms with van der Waals surface area (Å²) in [6, 6.07) is 7.24. The summed E-state index contributed by atoms with van der Waals surface area (Å²) in [6.07, 6.45) is 2.42. The quantitative estimate of drug-likeness (QED) is 0.865. The molecule has 0 spiro atoms.